The summed E-state index contributed by atoms with van der Waals surface area (Å²) in [4.78, 5) is 21.0. The van der Waals surface area contributed by atoms with Gasteiger partial charge in [0.1, 0.15) is 6.04 Å². The Balaban J connectivity index is 3.27. The van der Waals surface area contributed by atoms with Crippen LogP contribution >= 0.6 is 11.8 Å². The summed E-state index contributed by atoms with van der Waals surface area (Å²) >= 11 is 1.78. The normalized spacial score (nSPS) is 12.1. The molecule has 5 heteroatoms. The molecule has 0 aliphatic rings. The molecular formula is C15H29NO3S. The Bertz CT molecular complexity index is 249. The number of carbonyl (C=O) groups is 2. The number of carboxylic acids is 1. The first-order chi connectivity index (χ1) is 9.72. The van der Waals surface area contributed by atoms with Crippen molar-refractivity contribution >= 4 is 24.1 Å². The molecule has 1 unspecified atom stereocenters. The van der Waals surface area contributed by atoms with Crippen LogP contribution in [0.5, 0.6) is 0 Å². The highest BCUT2D eigenvalue weighted by Crippen LogP contribution is 2.12. The van der Waals surface area contributed by atoms with Crippen LogP contribution in [0.1, 0.15) is 64.7 Å². The largest absolute Gasteiger partial charge is 0.480 e. The first-order valence-electron chi connectivity index (χ1n) is 7.72. The second kappa shape index (κ2) is 14.7. The number of hydrogen-bond acceptors (Lipinski definition) is 3. The van der Waals surface area contributed by atoms with Crippen molar-refractivity contribution < 1.29 is 14.7 Å². The third kappa shape index (κ3) is 12.3. The molecule has 118 valence electrons. The van der Waals surface area contributed by atoms with Crippen molar-refractivity contribution in [3.8, 4) is 0 Å². The molecule has 0 bridgehead atoms. The van der Waals surface area contributed by atoms with Crippen LogP contribution in [0, 0.1) is 0 Å². The number of hydrogen-bond donors (Lipinski definition) is 2. The van der Waals surface area contributed by atoms with Crippen molar-refractivity contribution in [3.05, 3.63) is 0 Å². The highest BCUT2D eigenvalue weighted by molar-refractivity contribution is 7.99. The van der Waals surface area contributed by atoms with Crippen molar-refractivity contribution in [1.82, 2.24) is 5.32 Å². The van der Waals surface area contributed by atoms with E-state index in [1.165, 1.54) is 51.4 Å². The van der Waals surface area contributed by atoms with Gasteiger partial charge in [-0.15, -0.1) is 0 Å². The molecule has 0 fully saturated rings. The zero-order valence-corrected chi connectivity index (χ0v) is 13.4. The van der Waals surface area contributed by atoms with E-state index >= 15 is 0 Å². The van der Waals surface area contributed by atoms with Gasteiger partial charge in [0.25, 0.3) is 0 Å². The quantitative estimate of drug-likeness (QED) is 0.359. The molecule has 0 spiro atoms. The van der Waals surface area contributed by atoms with Crippen LogP contribution in [0.2, 0.25) is 0 Å². The monoisotopic (exact) mass is 303 g/mol. The summed E-state index contributed by atoms with van der Waals surface area (Å²) in [6.45, 7) is 2.23. The number of carboxylic acid groups (broad SMARTS) is 1. The molecule has 0 radical (unpaired) electrons. The van der Waals surface area contributed by atoms with Crippen molar-refractivity contribution in [3.63, 3.8) is 0 Å². The molecule has 0 aromatic heterocycles. The molecule has 20 heavy (non-hydrogen) atoms. The van der Waals surface area contributed by atoms with Gasteiger partial charge in [0, 0.05) is 0 Å². The third-order valence-corrected chi connectivity index (χ3v) is 4.36. The van der Waals surface area contributed by atoms with E-state index in [9.17, 15) is 9.59 Å². The molecule has 0 saturated heterocycles. The number of aliphatic carboxylic acids is 1. The lowest BCUT2D eigenvalue weighted by Crippen LogP contribution is -2.36. The first-order valence-corrected chi connectivity index (χ1v) is 8.88. The van der Waals surface area contributed by atoms with Crippen molar-refractivity contribution in [2.24, 2.45) is 0 Å². The van der Waals surface area contributed by atoms with Gasteiger partial charge in [-0.1, -0.05) is 51.9 Å². The maximum Gasteiger partial charge on any atom is 0.326 e. The van der Waals surface area contributed by atoms with Gasteiger partial charge < -0.3 is 10.4 Å². The smallest absolute Gasteiger partial charge is 0.326 e. The molecule has 0 heterocycles. The Labute approximate surface area is 127 Å². The van der Waals surface area contributed by atoms with E-state index in [1.54, 1.807) is 11.8 Å². The van der Waals surface area contributed by atoms with Gasteiger partial charge in [-0.2, -0.15) is 11.8 Å². The Kier molecular flexibility index (Phi) is 14.2. The topological polar surface area (TPSA) is 66.4 Å². The van der Waals surface area contributed by atoms with Gasteiger partial charge in [0.05, 0.1) is 0 Å². The highest BCUT2D eigenvalue weighted by atomic mass is 32.2. The molecule has 0 aromatic rings. The zero-order valence-electron chi connectivity index (χ0n) is 12.6. The summed E-state index contributed by atoms with van der Waals surface area (Å²) in [6, 6.07) is -0.737. The van der Waals surface area contributed by atoms with Gasteiger partial charge in [0.2, 0.25) is 6.41 Å². The van der Waals surface area contributed by atoms with Crippen molar-refractivity contribution in [2.45, 2.75) is 70.8 Å². The van der Waals surface area contributed by atoms with Gasteiger partial charge >= 0.3 is 5.97 Å². The average Bonchev–Trinajstić information content (AvgIpc) is 2.43. The Hall–Kier alpha value is -0.710. The van der Waals surface area contributed by atoms with Crippen LogP contribution in [-0.2, 0) is 9.59 Å². The predicted octanol–water partition coefficient (Wildman–Crippen LogP) is 3.45. The van der Waals surface area contributed by atoms with Gasteiger partial charge in [-0.25, -0.2) is 4.79 Å². The fourth-order valence-electron chi connectivity index (χ4n) is 2.00. The summed E-state index contributed by atoms with van der Waals surface area (Å²) in [7, 11) is 0. The van der Waals surface area contributed by atoms with Gasteiger partial charge in [-0.05, 0) is 24.3 Å². The minimum absolute atomic E-state index is 0.460. The number of thioether (sulfide) groups is 1. The number of amides is 1. The molecule has 0 aliphatic carbocycles. The number of rotatable bonds is 15. The zero-order chi connectivity index (χ0) is 15.1. The van der Waals surface area contributed by atoms with E-state index in [0.29, 0.717) is 12.8 Å². The van der Waals surface area contributed by atoms with Crippen molar-refractivity contribution in [2.75, 3.05) is 11.5 Å². The summed E-state index contributed by atoms with van der Waals surface area (Å²) in [5, 5.41) is 11.2. The predicted molar refractivity (Wildman–Crippen MR) is 85.2 cm³/mol. The van der Waals surface area contributed by atoms with E-state index in [1.807, 2.05) is 0 Å². The van der Waals surface area contributed by atoms with Crippen LogP contribution in [-0.4, -0.2) is 35.0 Å². The van der Waals surface area contributed by atoms with Gasteiger partial charge in [-0.3, -0.25) is 4.79 Å². The van der Waals surface area contributed by atoms with E-state index in [-0.39, 0.29) is 0 Å². The Morgan fingerprint density at radius 2 is 1.70 bits per heavy atom. The fraction of sp³-hybridized carbons (Fsp3) is 0.867. The standard InChI is InChI=1S/C15H29NO3S/c1-2-3-4-5-6-7-8-9-11-20-12-10-14(15(18)19)16-13-17/h13-14H,2-12H2,1H3,(H,16,17)(H,18,19). The lowest BCUT2D eigenvalue weighted by Gasteiger charge is -2.10. The first kappa shape index (κ1) is 19.3. The SMILES string of the molecule is CCCCCCCCCCSCCC(NC=O)C(=O)O. The van der Waals surface area contributed by atoms with Gasteiger partial charge in [0.15, 0.2) is 0 Å². The molecular weight excluding hydrogens is 274 g/mol. The molecule has 0 aliphatic heterocycles. The molecule has 0 saturated carbocycles. The van der Waals surface area contributed by atoms with Crippen LogP contribution in [0.4, 0.5) is 0 Å². The third-order valence-electron chi connectivity index (χ3n) is 3.26. The molecule has 2 N–H and O–H groups in total. The van der Waals surface area contributed by atoms with E-state index in [0.717, 1.165) is 11.5 Å². The summed E-state index contributed by atoms with van der Waals surface area (Å²) in [5.74, 6) is 0.918. The minimum Gasteiger partial charge on any atom is -0.480 e. The average molecular weight is 303 g/mol. The Morgan fingerprint density at radius 3 is 2.25 bits per heavy atom. The number of unbranched alkanes of at least 4 members (excludes halogenated alkanes) is 7. The van der Waals surface area contributed by atoms with Crippen molar-refractivity contribution in [1.29, 1.82) is 0 Å². The second-order valence-corrected chi connectivity index (χ2v) is 6.28. The second-order valence-electron chi connectivity index (χ2n) is 5.05. The molecule has 0 rings (SSSR count). The fourth-order valence-corrected chi connectivity index (χ4v) is 3.02. The van der Waals surface area contributed by atoms with E-state index in [4.69, 9.17) is 5.11 Å². The summed E-state index contributed by atoms with van der Waals surface area (Å²) < 4.78 is 0. The van der Waals surface area contributed by atoms with E-state index in [2.05, 4.69) is 12.2 Å². The maximum absolute atomic E-state index is 10.8. The maximum atomic E-state index is 10.8. The summed E-state index contributed by atoms with van der Waals surface area (Å²) in [6.07, 6.45) is 11.5. The Morgan fingerprint density at radius 1 is 1.10 bits per heavy atom. The van der Waals surface area contributed by atoms with Crippen LogP contribution < -0.4 is 5.32 Å². The van der Waals surface area contributed by atoms with Crippen LogP contribution in [0.15, 0.2) is 0 Å². The highest BCUT2D eigenvalue weighted by Gasteiger charge is 2.14. The van der Waals surface area contributed by atoms with Crippen LogP contribution in [0.3, 0.4) is 0 Å². The lowest BCUT2D eigenvalue weighted by atomic mass is 10.1. The number of carbonyl (C=O) groups excluding carboxylic acids is 1. The minimum atomic E-state index is -0.954. The molecule has 0 aromatic carbocycles. The number of nitrogens with one attached hydrogen (secondary N) is 1. The summed E-state index contributed by atoms with van der Waals surface area (Å²) in [5.41, 5.74) is 0. The molecule has 1 amide bonds. The molecule has 4 nitrogen and oxygen atoms in total. The lowest BCUT2D eigenvalue weighted by molar-refractivity contribution is -0.140. The molecule has 1 atom stereocenters. The van der Waals surface area contributed by atoms with E-state index < -0.39 is 12.0 Å². The van der Waals surface area contributed by atoms with Crippen LogP contribution in [0.25, 0.3) is 0 Å².